The van der Waals surface area contributed by atoms with Crippen molar-refractivity contribution in [1.29, 1.82) is 0 Å². The zero-order valence-electron chi connectivity index (χ0n) is 7.84. The third kappa shape index (κ3) is 1.35. The summed E-state index contributed by atoms with van der Waals surface area (Å²) in [5.74, 6) is -0.194. The summed E-state index contributed by atoms with van der Waals surface area (Å²) in [6, 6.07) is 6.65. The number of hydrogen-bond donors (Lipinski definition) is 1. The number of benzene rings is 1. The van der Waals surface area contributed by atoms with E-state index in [0.29, 0.717) is 5.56 Å². The molecular formula is C10H12O3S. The molecule has 0 aliphatic carbocycles. The number of aliphatic hydroxyl groups is 1. The minimum atomic E-state index is -3.18. The fraction of sp³-hybridized carbons (Fsp3) is 0.400. The number of rotatable bonds is 0. The number of aliphatic hydroxyl groups excluding tert-OH is 1. The van der Waals surface area contributed by atoms with E-state index in [0.717, 1.165) is 0 Å². The van der Waals surface area contributed by atoms with Gasteiger partial charge in [-0.3, -0.25) is 0 Å². The maximum absolute atomic E-state index is 11.7. The van der Waals surface area contributed by atoms with Gasteiger partial charge in [-0.05, 0) is 11.6 Å². The standard InChI is InChI=1S/C10H12O3S/c1-7-6-14(12,13)9-5-3-2-4-8(9)10(7)11/h2-5,7,10-11H,6H2,1H3. The highest BCUT2D eigenvalue weighted by Gasteiger charge is 2.33. The maximum atomic E-state index is 11.7. The summed E-state index contributed by atoms with van der Waals surface area (Å²) in [5.41, 5.74) is 0.534. The van der Waals surface area contributed by atoms with E-state index >= 15 is 0 Å². The zero-order valence-corrected chi connectivity index (χ0v) is 8.66. The third-order valence-electron chi connectivity index (χ3n) is 2.59. The molecule has 1 aromatic rings. The smallest absolute Gasteiger partial charge is 0.179 e. The van der Waals surface area contributed by atoms with Gasteiger partial charge in [0.25, 0.3) is 0 Å². The molecule has 0 bridgehead atoms. The first-order chi connectivity index (χ1) is 6.52. The molecule has 0 amide bonds. The average molecular weight is 212 g/mol. The van der Waals surface area contributed by atoms with Crippen LogP contribution in [-0.2, 0) is 9.84 Å². The molecule has 0 saturated carbocycles. The first-order valence-corrected chi connectivity index (χ1v) is 6.17. The van der Waals surface area contributed by atoms with Crippen molar-refractivity contribution >= 4 is 9.84 Å². The summed E-state index contributed by atoms with van der Waals surface area (Å²) >= 11 is 0. The molecule has 76 valence electrons. The average Bonchev–Trinajstić information content (AvgIpc) is 2.14. The molecule has 1 N–H and O–H groups in total. The van der Waals surface area contributed by atoms with Gasteiger partial charge in [-0.2, -0.15) is 0 Å². The van der Waals surface area contributed by atoms with Crippen LogP contribution in [0.4, 0.5) is 0 Å². The van der Waals surface area contributed by atoms with Gasteiger partial charge in [0, 0.05) is 5.92 Å². The zero-order chi connectivity index (χ0) is 10.3. The maximum Gasteiger partial charge on any atom is 0.179 e. The highest BCUT2D eigenvalue weighted by Crippen LogP contribution is 2.35. The Bertz CT molecular complexity index is 450. The molecule has 4 heteroatoms. The Morgan fingerprint density at radius 2 is 2.00 bits per heavy atom. The summed E-state index contributed by atoms with van der Waals surface area (Å²) in [7, 11) is -3.18. The lowest BCUT2D eigenvalue weighted by molar-refractivity contribution is 0.122. The van der Waals surface area contributed by atoms with Gasteiger partial charge in [-0.15, -0.1) is 0 Å². The highest BCUT2D eigenvalue weighted by molar-refractivity contribution is 7.91. The van der Waals surface area contributed by atoms with Gasteiger partial charge in [0.2, 0.25) is 0 Å². The fourth-order valence-electron chi connectivity index (χ4n) is 1.84. The van der Waals surface area contributed by atoms with Crippen LogP contribution in [0.3, 0.4) is 0 Å². The fourth-order valence-corrected chi connectivity index (χ4v) is 3.73. The van der Waals surface area contributed by atoms with E-state index in [4.69, 9.17) is 0 Å². The van der Waals surface area contributed by atoms with Gasteiger partial charge < -0.3 is 5.11 Å². The Morgan fingerprint density at radius 3 is 2.71 bits per heavy atom. The minimum Gasteiger partial charge on any atom is -0.388 e. The van der Waals surface area contributed by atoms with Gasteiger partial charge in [0.15, 0.2) is 9.84 Å². The van der Waals surface area contributed by atoms with E-state index in [1.54, 1.807) is 31.2 Å². The molecule has 0 spiro atoms. The molecule has 0 aromatic heterocycles. The molecular weight excluding hydrogens is 200 g/mol. The molecule has 14 heavy (non-hydrogen) atoms. The van der Waals surface area contributed by atoms with Crippen LogP contribution in [0.1, 0.15) is 18.6 Å². The molecule has 1 heterocycles. The summed E-state index contributed by atoms with van der Waals surface area (Å²) in [6.45, 7) is 1.75. The van der Waals surface area contributed by atoms with Crippen molar-refractivity contribution in [3.63, 3.8) is 0 Å². The molecule has 0 radical (unpaired) electrons. The summed E-state index contributed by atoms with van der Waals surface area (Å²) in [4.78, 5) is 0.283. The topological polar surface area (TPSA) is 54.4 Å². The number of sulfone groups is 1. The first-order valence-electron chi connectivity index (χ1n) is 4.52. The second-order valence-corrected chi connectivity index (χ2v) is 5.74. The largest absolute Gasteiger partial charge is 0.388 e. The van der Waals surface area contributed by atoms with Crippen LogP contribution < -0.4 is 0 Å². The lowest BCUT2D eigenvalue weighted by atomic mass is 9.98. The second-order valence-electron chi connectivity index (χ2n) is 3.74. The van der Waals surface area contributed by atoms with Crippen LogP contribution in [0, 0.1) is 5.92 Å². The van der Waals surface area contributed by atoms with Crippen molar-refractivity contribution in [2.75, 3.05) is 5.75 Å². The first kappa shape index (κ1) is 9.68. The van der Waals surface area contributed by atoms with E-state index in [-0.39, 0.29) is 16.6 Å². The van der Waals surface area contributed by atoms with Gasteiger partial charge in [-0.25, -0.2) is 8.42 Å². The van der Waals surface area contributed by atoms with E-state index < -0.39 is 15.9 Å². The molecule has 2 atom stereocenters. The lowest BCUT2D eigenvalue weighted by Crippen LogP contribution is -2.27. The van der Waals surface area contributed by atoms with E-state index in [9.17, 15) is 13.5 Å². The van der Waals surface area contributed by atoms with Crippen LogP contribution in [0.15, 0.2) is 29.2 Å². The Morgan fingerprint density at radius 1 is 1.36 bits per heavy atom. The molecule has 0 saturated heterocycles. The predicted molar refractivity (Wildman–Crippen MR) is 52.6 cm³/mol. The van der Waals surface area contributed by atoms with E-state index in [1.165, 1.54) is 0 Å². The molecule has 2 rings (SSSR count). The quantitative estimate of drug-likeness (QED) is 0.701. The van der Waals surface area contributed by atoms with E-state index in [1.807, 2.05) is 0 Å². The highest BCUT2D eigenvalue weighted by atomic mass is 32.2. The molecule has 1 aromatic carbocycles. The summed E-state index contributed by atoms with van der Waals surface area (Å²) in [5, 5.41) is 9.80. The van der Waals surface area contributed by atoms with Crippen molar-refractivity contribution in [2.24, 2.45) is 5.92 Å². The van der Waals surface area contributed by atoms with Crippen molar-refractivity contribution < 1.29 is 13.5 Å². The number of hydrogen-bond acceptors (Lipinski definition) is 3. The van der Waals surface area contributed by atoms with Crippen LogP contribution in [0.2, 0.25) is 0 Å². The van der Waals surface area contributed by atoms with Crippen molar-refractivity contribution in [1.82, 2.24) is 0 Å². The molecule has 1 aliphatic rings. The Hall–Kier alpha value is -0.870. The van der Waals surface area contributed by atoms with Crippen LogP contribution >= 0.6 is 0 Å². The summed E-state index contributed by atoms with van der Waals surface area (Å²) in [6.07, 6.45) is -0.658. The second kappa shape index (κ2) is 3.07. The predicted octanol–water partition coefficient (Wildman–Crippen LogP) is 1.14. The Balaban J connectivity index is 2.68. The van der Waals surface area contributed by atoms with Gasteiger partial charge in [0.05, 0.1) is 16.8 Å². The van der Waals surface area contributed by atoms with Crippen molar-refractivity contribution in [3.05, 3.63) is 29.8 Å². The van der Waals surface area contributed by atoms with Crippen molar-refractivity contribution in [2.45, 2.75) is 17.9 Å². The normalized spacial score (nSPS) is 29.6. The van der Waals surface area contributed by atoms with Gasteiger partial charge >= 0.3 is 0 Å². The van der Waals surface area contributed by atoms with Crippen LogP contribution in [0.5, 0.6) is 0 Å². The van der Waals surface area contributed by atoms with Gasteiger partial charge in [0.1, 0.15) is 0 Å². The Kier molecular flexibility index (Phi) is 2.12. The Labute approximate surface area is 83.3 Å². The van der Waals surface area contributed by atoms with Crippen LogP contribution in [-0.4, -0.2) is 19.3 Å². The third-order valence-corrected chi connectivity index (χ3v) is 4.60. The van der Waals surface area contributed by atoms with Crippen molar-refractivity contribution in [3.8, 4) is 0 Å². The molecule has 0 fully saturated rings. The van der Waals surface area contributed by atoms with E-state index in [2.05, 4.69) is 0 Å². The molecule has 1 aliphatic heterocycles. The monoisotopic (exact) mass is 212 g/mol. The van der Waals surface area contributed by atoms with Crippen LogP contribution in [0.25, 0.3) is 0 Å². The lowest BCUT2D eigenvalue weighted by Gasteiger charge is -2.26. The SMILES string of the molecule is CC1CS(=O)(=O)c2ccccc2C1O. The molecule has 2 unspecified atom stereocenters. The number of fused-ring (bicyclic) bond motifs is 1. The minimum absolute atomic E-state index is 0.0329. The molecule has 3 nitrogen and oxygen atoms in total. The summed E-state index contributed by atoms with van der Waals surface area (Å²) < 4.78 is 23.4. The van der Waals surface area contributed by atoms with Gasteiger partial charge in [-0.1, -0.05) is 25.1 Å².